The highest BCUT2D eigenvalue weighted by Crippen LogP contribution is 2.18. The largest absolute Gasteiger partial charge is 0.325 e. The van der Waals surface area contributed by atoms with Crippen LogP contribution in [0.25, 0.3) is 0 Å². The highest BCUT2D eigenvalue weighted by molar-refractivity contribution is 5.84. The van der Waals surface area contributed by atoms with Crippen molar-refractivity contribution >= 4 is 5.91 Å². The molecule has 1 saturated heterocycles. The van der Waals surface area contributed by atoms with Gasteiger partial charge in [-0.3, -0.25) is 10.1 Å². The summed E-state index contributed by atoms with van der Waals surface area (Å²) in [6, 6.07) is 0.0159. The maximum atomic E-state index is 12.2. The molecule has 1 amide bonds. The molecule has 0 spiro atoms. The van der Waals surface area contributed by atoms with Crippen molar-refractivity contribution < 1.29 is 4.79 Å². The summed E-state index contributed by atoms with van der Waals surface area (Å²) in [5.74, 6) is 0.683. The van der Waals surface area contributed by atoms with Gasteiger partial charge < -0.3 is 9.80 Å². The van der Waals surface area contributed by atoms with E-state index >= 15 is 0 Å². The van der Waals surface area contributed by atoms with E-state index in [4.69, 9.17) is 0 Å². The predicted molar refractivity (Wildman–Crippen MR) is 66.1 cm³/mol. The zero-order chi connectivity index (χ0) is 12.3. The molecule has 0 bridgehead atoms. The van der Waals surface area contributed by atoms with E-state index in [1.165, 1.54) is 0 Å². The summed E-state index contributed by atoms with van der Waals surface area (Å²) in [4.78, 5) is 16.2. The smallest absolute Gasteiger partial charge is 0.241 e. The lowest BCUT2D eigenvalue weighted by Crippen LogP contribution is -2.39. The number of nitrogens with one attached hydrogen (secondary N) is 1. The van der Waals surface area contributed by atoms with Gasteiger partial charge in [-0.05, 0) is 26.9 Å². The maximum absolute atomic E-state index is 12.2. The van der Waals surface area contributed by atoms with Crippen molar-refractivity contribution in [3.05, 3.63) is 0 Å². The molecule has 0 aromatic rings. The van der Waals surface area contributed by atoms with Crippen LogP contribution in [0, 0.1) is 5.92 Å². The first-order valence-corrected chi connectivity index (χ1v) is 6.18. The van der Waals surface area contributed by atoms with Crippen LogP contribution in [0.1, 0.15) is 27.2 Å². The fourth-order valence-corrected chi connectivity index (χ4v) is 2.05. The molecule has 4 nitrogen and oxygen atoms in total. The van der Waals surface area contributed by atoms with Gasteiger partial charge in [0.25, 0.3) is 0 Å². The van der Waals surface area contributed by atoms with Crippen molar-refractivity contribution in [3.8, 4) is 0 Å². The number of rotatable bonds is 5. The van der Waals surface area contributed by atoms with Crippen molar-refractivity contribution in [3.63, 3.8) is 0 Å². The Bertz CT molecular complexity index is 242. The monoisotopic (exact) mass is 227 g/mol. The van der Waals surface area contributed by atoms with Crippen LogP contribution in [0.2, 0.25) is 0 Å². The topological polar surface area (TPSA) is 35.6 Å². The quantitative estimate of drug-likeness (QED) is 0.752. The number of amides is 1. The molecule has 3 atom stereocenters. The molecule has 1 fully saturated rings. The highest BCUT2D eigenvalue weighted by atomic mass is 16.2. The normalized spacial score (nSPS) is 27.9. The average Bonchev–Trinajstić information content (AvgIpc) is 2.51. The Morgan fingerprint density at radius 3 is 2.62 bits per heavy atom. The number of hydrogen-bond donors (Lipinski definition) is 1. The van der Waals surface area contributed by atoms with E-state index in [-0.39, 0.29) is 18.1 Å². The Morgan fingerprint density at radius 1 is 1.50 bits per heavy atom. The summed E-state index contributed by atoms with van der Waals surface area (Å²) in [7, 11) is 4.07. The lowest BCUT2D eigenvalue weighted by molar-refractivity contribution is -0.130. The molecule has 3 unspecified atom stereocenters. The fourth-order valence-electron chi connectivity index (χ4n) is 2.05. The minimum Gasteiger partial charge on any atom is -0.325 e. The third kappa shape index (κ3) is 2.95. The van der Waals surface area contributed by atoms with Crippen LogP contribution in [-0.2, 0) is 4.79 Å². The Morgan fingerprint density at radius 2 is 2.12 bits per heavy atom. The van der Waals surface area contributed by atoms with Gasteiger partial charge in [0.05, 0.1) is 12.2 Å². The van der Waals surface area contributed by atoms with Gasteiger partial charge in [0.1, 0.15) is 0 Å². The lowest BCUT2D eigenvalue weighted by Gasteiger charge is -2.22. The van der Waals surface area contributed by atoms with Gasteiger partial charge in [-0.25, -0.2) is 0 Å². The average molecular weight is 227 g/mol. The molecule has 0 saturated carbocycles. The summed E-state index contributed by atoms with van der Waals surface area (Å²) >= 11 is 0. The number of likely N-dealkylation sites (N-methyl/N-ethyl adjacent to an activating group) is 1. The molecule has 16 heavy (non-hydrogen) atoms. The Balaban J connectivity index is 2.57. The predicted octanol–water partition coefficient (Wildman–Crippen LogP) is 0.741. The number of carbonyl (C=O) groups excluding carboxylic acids is 1. The lowest BCUT2D eigenvalue weighted by atomic mass is 9.99. The maximum Gasteiger partial charge on any atom is 0.241 e. The van der Waals surface area contributed by atoms with E-state index in [1.54, 1.807) is 0 Å². The van der Waals surface area contributed by atoms with Crippen LogP contribution >= 0.6 is 0 Å². The molecule has 0 aromatic heterocycles. The van der Waals surface area contributed by atoms with Crippen molar-refractivity contribution in [2.24, 2.45) is 5.92 Å². The van der Waals surface area contributed by atoms with E-state index in [2.05, 4.69) is 31.0 Å². The third-order valence-corrected chi connectivity index (χ3v) is 3.44. The van der Waals surface area contributed by atoms with Crippen molar-refractivity contribution in [2.75, 3.05) is 27.2 Å². The van der Waals surface area contributed by atoms with Gasteiger partial charge in [-0.1, -0.05) is 20.3 Å². The summed E-state index contributed by atoms with van der Waals surface area (Å²) in [6.45, 7) is 8.07. The third-order valence-electron chi connectivity index (χ3n) is 3.44. The van der Waals surface area contributed by atoms with Crippen LogP contribution < -0.4 is 5.32 Å². The van der Waals surface area contributed by atoms with E-state index in [0.717, 1.165) is 19.5 Å². The van der Waals surface area contributed by atoms with Crippen molar-refractivity contribution in [1.82, 2.24) is 15.1 Å². The zero-order valence-electron chi connectivity index (χ0n) is 11.2. The van der Waals surface area contributed by atoms with E-state index in [9.17, 15) is 4.79 Å². The van der Waals surface area contributed by atoms with Crippen molar-refractivity contribution in [2.45, 2.75) is 39.4 Å². The molecule has 1 heterocycles. The Kier molecular flexibility index (Phi) is 4.74. The van der Waals surface area contributed by atoms with Gasteiger partial charge >= 0.3 is 0 Å². The molecule has 94 valence electrons. The first-order chi connectivity index (χ1) is 7.47. The number of carbonyl (C=O) groups is 1. The van der Waals surface area contributed by atoms with Gasteiger partial charge in [0.15, 0.2) is 0 Å². The SMILES string of the molecule is CCC(C)C1NC(C)N(CCN(C)C)C1=O. The van der Waals surface area contributed by atoms with E-state index in [1.807, 2.05) is 19.0 Å². The van der Waals surface area contributed by atoms with Crippen LogP contribution in [0.5, 0.6) is 0 Å². The molecule has 0 aliphatic carbocycles. The summed E-state index contributed by atoms with van der Waals surface area (Å²) < 4.78 is 0. The van der Waals surface area contributed by atoms with Crippen LogP contribution in [0.15, 0.2) is 0 Å². The highest BCUT2D eigenvalue weighted by Gasteiger charge is 2.38. The van der Waals surface area contributed by atoms with Crippen molar-refractivity contribution in [1.29, 1.82) is 0 Å². The standard InChI is InChI=1S/C12H25N3O/c1-6-9(2)11-12(16)15(10(3)13-11)8-7-14(4)5/h9-11,13H,6-8H2,1-5H3. The van der Waals surface area contributed by atoms with Gasteiger partial charge in [-0.15, -0.1) is 0 Å². The fraction of sp³-hybridized carbons (Fsp3) is 0.917. The van der Waals surface area contributed by atoms with Crippen LogP contribution in [0.3, 0.4) is 0 Å². The summed E-state index contributed by atoms with van der Waals surface area (Å²) in [5.41, 5.74) is 0. The first-order valence-electron chi connectivity index (χ1n) is 6.18. The molecule has 1 N–H and O–H groups in total. The molecular formula is C12H25N3O. The molecular weight excluding hydrogens is 202 g/mol. The van der Waals surface area contributed by atoms with E-state index in [0.29, 0.717) is 5.92 Å². The second-order valence-electron chi connectivity index (χ2n) is 5.04. The van der Waals surface area contributed by atoms with Gasteiger partial charge in [-0.2, -0.15) is 0 Å². The Hall–Kier alpha value is -0.610. The minimum absolute atomic E-state index is 0.0159. The number of hydrogen-bond acceptors (Lipinski definition) is 3. The zero-order valence-corrected chi connectivity index (χ0v) is 11.2. The first kappa shape index (κ1) is 13.5. The van der Waals surface area contributed by atoms with Crippen LogP contribution in [-0.4, -0.2) is 55.1 Å². The second-order valence-corrected chi connectivity index (χ2v) is 5.04. The second kappa shape index (κ2) is 5.64. The summed E-state index contributed by atoms with van der Waals surface area (Å²) in [6.07, 6.45) is 1.21. The molecule has 1 aliphatic rings. The van der Waals surface area contributed by atoms with Crippen LogP contribution in [0.4, 0.5) is 0 Å². The van der Waals surface area contributed by atoms with E-state index < -0.39 is 0 Å². The Labute approximate surface area is 99.0 Å². The van der Waals surface area contributed by atoms with Gasteiger partial charge in [0, 0.05) is 13.1 Å². The molecule has 0 aromatic carbocycles. The van der Waals surface area contributed by atoms with Gasteiger partial charge in [0.2, 0.25) is 5.91 Å². The summed E-state index contributed by atoms with van der Waals surface area (Å²) in [5, 5.41) is 3.39. The number of nitrogens with zero attached hydrogens (tertiary/aromatic N) is 2. The molecule has 1 aliphatic heterocycles. The minimum atomic E-state index is 0.0159. The molecule has 0 radical (unpaired) electrons. The molecule has 1 rings (SSSR count). The molecule has 4 heteroatoms.